The lowest BCUT2D eigenvalue weighted by Crippen LogP contribution is -2.32. The highest BCUT2D eigenvalue weighted by Gasteiger charge is 2.47. The van der Waals surface area contributed by atoms with Crippen LogP contribution in [0.5, 0.6) is 0 Å². The van der Waals surface area contributed by atoms with E-state index in [0.717, 1.165) is 17.6 Å². The summed E-state index contributed by atoms with van der Waals surface area (Å²) < 4.78 is 50.1. The van der Waals surface area contributed by atoms with Gasteiger partial charge in [-0.15, -0.1) is 11.3 Å². The standard InChI is InChI=1S/C9H9BrF2O3S2/c1-17(14,15)8-5-4(7(10)16-8)2-3-9(11,12)6(5)13/h6,13H,2-3H2,1H3. The van der Waals surface area contributed by atoms with E-state index in [1.54, 1.807) is 0 Å². The molecule has 0 saturated heterocycles. The molecule has 0 bridgehead atoms. The van der Waals surface area contributed by atoms with Gasteiger partial charge in [-0.25, -0.2) is 17.2 Å². The SMILES string of the molecule is CS(=O)(=O)c1sc(Br)c2c1C(O)C(F)(F)CC2. The maximum atomic E-state index is 13.4. The molecule has 0 saturated carbocycles. The summed E-state index contributed by atoms with van der Waals surface area (Å²) in [5.41, 5.74) is 0.342. The molecule has 1 N–H and O–H groups in total. The van der Waals surface area contributed by atoms with Crippen molar-refractivity contribution < 1.29 is 22.3 Å². The van der Waals surface area contributed by atoms with Crippen molar-refractivity contribution in [3.05, 3.63) is 14.9 Å². The molecular weight excluding hydrogens is 338 g/mol. The van der Waals surface area contributed by atoms with Gasteiger partial charge in [-0.3, -0.25) is 0 Å². The normalized spacial score (nSPS) is 23.5. The van der Waals surface area contributed by atoms with Crippen LogP contribution in [0.2, 0.25) is 0 Å². The summed E-state index contributed by atoms with van der Waals surface area (Å²) in [6, 6.07) is 0. The molecule has 17 heavy (non-hydrogen) atoms. The first kappa shape index (κ1) is 13.4. The fraction of sp³-hybridized carbons (Fsp3) is 0.556. The Morgan fingerprint density at radius 2 is 2.12 bits per heavy atom. The molecule has 1 aromatic rings. The summed E-state index contributed by atoms with van der Waals surface area (Å²) in [5, 5.41) is 9.62. The molecule has 1 aromatic heterocycles. The Morgan fingerprint density at radius 3 is 2.65 bits per heavy atom. The Bertz CT molecular complexity index is 565. The number of sulfone groups is 1. The van der Waals surface area contributed by atoms with E-state index in [0.29, 0.717) is 9.35 Å². The smallest absolute Gasteiger partial charge is 0.277 e. The van der Waals surface area contributed by atoms with Crippen molar-refractivity contribution in [3.8, 4) is 0 Å². The van der Waals surface area contributed by atoms with Crippen molar-refractivity contribution >= 4 is 37.1 Å². The summed E-state index contributed by atoms with van der Waals surface area (Å²) in [7, 11) is -3.61. The Kier molecular flexibility index (Phi) is 3.13. The second-order valence-electron chi connectivity index (χ2n) is 3.99. The van der Waals surface area contributed by atoms with Crippen LogP contribution in [0, 0.1) is 0 Å². The number of alkyl halides is 2. The molecule has 1 atom stereocenters. The molecule has 3 nitrogen and oxygen atoms in total. The number of fused-ring (bicyclic) bond motifs is 1. The van der Waals surface area contributed by atoms with Gasteiger partial charge >= 0.3 is 0 Å². The van der Waals surface area contributed by atoms with Crippen molar-refractivity contribution in [1.29, 1.82) is 0 Å². The molecule has 1 aliphatic rings. The van der Waals surface area contributed by atoms with Gasteiger partial charge in [0, 0.05) is 18.2 Å². The van der Waals surface area contributed by atoms with E-state index in [-0.39, 0.29) is 16.2 Å². The van der Waals surface area contributed by atoms with E-state index in [4.69, 9.17) is 0 Å². The number of aliphatic hydroxyl groups is 1. The summed E-state index contributed by atoms with van der Waals surface area (Å²) in [6.45, 7) is 0. The monoisotopic (exact) mass is 346 g/mol. The van der Waals surface area contributed by atoms with E-state index in [1.165, 1.54) is 0 Å². The zero-order valence-electron chi connectivity index (χ0n) is 8.71. The highest BCUT2D eigenvalue weighted by Crippen LogP contribution is 2.49. The molecule has 2 rings (SSSR count). The third-order valence-corrected chi connectivity index (χ3v) is 6.53. The second-order valence-corrected chi connectivity index (χ2v) is 8.54. The number of thiophene rings is 1. The quantitative estimate of drug-likeness (QED) is 0.849. The number of rotatable bonds is 1. The van der Waals surface area contributed by atoms with E-state index < -0.39 is 28.3 Å². The topological polar surface area (TPSA) is 54.4 Å². The summed E-state index contributed by atoms with van der Waals surface area (Å²) in [6.07, 6.45) is -1.50. The lowest BCUT2D eigenvalue weighted by Gasteiger charge is -2.28. The fourth-order valence-electron chi connectivity index (χ4n) is 1.85. The van der Waals surface area contributed by atoms with Crippen LogP contribution in [0.1, 0.15) is 23.7 Å². The minimum Gasteiger partial charge on any atom is -0.382 e. The van der Waals surface area contributed by atoms with Crippen LogP contribution in [0.4, 0.5) is 8.78 Å². The van der Waals surface area contributed by atoms with Crippen LogP contribution < -0.4 is 0 Å². The first-order valence-corrected chi connectivity index (χ1v) is 8.21. The first-order chi connectivity index (χ1) is 7.64. The van der Waals surface area contributed by atoms with Crippen molar-refractivity contribution in [2.24, 2.45) is 0 Å². The maximum Gasteiger partial charge on any atom is 0.277 e. The van der Waals surface area contributed by atoms with Crippen molar-refractivity contribution in [3.63, 3.8) is 0 Å². The zero-order valence-corrected chi connectivity index (χ0v) is 11.9. The van der Waals surface area contributed by atoms with Gasteiger partial charge in [0.2, 0.25) is 0 Å². The Hall–Kier alpha value is -0.0500. The molecule has 1 aliphatic carbocycles. The third kappa shape index (κ3) is 2.16. The van der Waals surface area contributed by atoms with Gasteiger partial charge in [-0.1, -0.05) is 0 Å². The zero-order chi connectivity index (χ0) is 13.0. The van der Waals surface area contributed by atoms with Gasteiger partial charge in [0.15, 0.2) is 9.84 Å². The minimum absolute atomic E-state index is 0.0615. The molecule has 0 amide bonds. The molecule has 1 heterocycles. The molecule has 0 fully saturated rings. The lowest BCUT2D eigenvalue weighted by atomic mass is 9.90. The highest BCUT2D eigenvalue weighted by molar-refractivity contribution is 9.11. The van der Waals surface area contributed by atoms with Gasteiger partial charge in [0.05, 0.1) is 3.79 Å². The number of hydrogen-bond donors (Lipinski definition) is 1. The van der Waals surface area contributed by atoms with E-state index in [2.05, 4.69) is 15.9 Å². The molecular formula is C9H9BrF2O3S2. The summed E-state index contributed by atoms with van der Waals surface area (Å²) in [5.74, 6) is -3.27. The van der Waals surface area contributed by atoms with Gasteiger partial charge in [0.25, 0.3) is 5.92 Å². The van der Waals surface area contributed by atoms with E-state index >= 15 is 0 Å². The second kappa shape index (κ2) is 3.97. The van der Waals surface area contributed by atoms with Gasteiger partial charge < -0.3 is 5.11 Å². The van der Waals surface area contributed by atoms with E-state index in [9.17, 15) is 22.3 Å². The number of halogens is 3. The Morgan fingerprint density at radius 1 is 1.53 bits per heavy atom. The van der Waals surface area contributed by atoms with Crippen LogP contribution in [-0.4, -0.2) is 25.7 Å². The van der Waals surface area contributed by atoms with Crippen molar-refractivity contribution in [2.75, 3.05) is 6.26 Å². The Balaban J connectivity index is 2.70. The first-order valence-electron chi connectivity index (χ1n) is 4.71. The molecule has 0 radical (unpaired) electrons. The third-order valence-electron chi connectivity index (χ3n) is 2.68. The lowest BCUT2D eigenvalue weighted by molar-refractivity contribution is -0.122. The maximum absolute atomic E-state index is 13.4. The van der Waals surface area contributed by atoms with Crippen LogP contribution in [-0.2, 0) is 16.3 Å². The Labute approximate surface area is 110 Å². The fourth-order valence-corrected chi connectivity index (χ4v) is 5.40. The van der Waals surface area contributed by atoms with Crippen molar-refractivity contribution in [1.82, 2.24) is 0 Å². The molecule has 96 valence electrons. The minimum atomic E-state index is -3.61. The number of hydrogen-bond acceptors (Lipinski definition) is 4. The largest absolute Gasteiger partial charge is 0.382 e. The summed E-state index contributed by atoms with van der Waals surface area (Å²) >= 11 is 4.04. The molecule has 0 aliphatic heterocycles. The predicted molar refractivity (Wildman–Crippen MR) is 63.4 cm³/mol. The van der Waals surface area contributed by atoms with Gasteiger partial charge in [0.1, 0.15) is 10.3 Å². The van der Waals surface area contributed by atoms with Crippen molar-refractivity contribution in [2.45, 2.75) is 29.1 Å². The molecule has 1 unspecified atom stereocenters. The highest BCUT2D eigenvalue weighted by atomic mass is 79.9. The number of aliphatic hydroxyl groups excluding tert-OH is 1. The van der Waals surface area contributed by atoms with Gasteiger partial charge in [-0.2, -0.15) is 0 Å². The molecule has 0 aromatic carbocycles. The average Bonchev–Trinajstić information content (AvgIpc) is 2.50. The molecule has 8 heteroatoms. The van der Waals surface area contributed by atoms with Crippen LogP contribution in [0.15, 0.2) is 8.00 Å². The predicted octanol–water partition coefficient (Wildman–Crippen LogP) is 2.53. The van der Waals surface area contributed by atoms with Crippen LogP contribution in [0.3, 0.4) is 0 Å². The van der Waals surface area contributed by atoms with Crippen LogP contribution >= 0.6 is 27.3 Å². The average molecular weight is 347 g/mol. The van der Waals surface area contributed by atoms with Gasteiger partial charge in [-0.05, 0) is 27.9 Å². The van der Waals surface area contributed by atoms with E-state index in [1.807, 2.05) is 0 Å². The van der Waals surface area contributed by atoms with Crippen LogP contribution in [0.25, 0.3) is 0 Å². The molecule has 0 spiro atoms. The summed E-state index contributed by atoms with van der Waals surface area (Å²) in [4.78, 5) is 0.